The average Bonchev–Trinajstić information content (AvgIpc) is 2.93. The summed E-state index contributed by atoms with van der Waals surface area (Å²) in [5.41, 5.74) is 0. The summed E-state index contributed by atoms with van der Waals surface area (Å²) in [5.74, 6) is -0.997. The lowest BCUT2D eigenvalue weighted by molar-refractivity contribution is -0.348. The molecule has 0 spiro atoms. The minimum atomic E-state index is -1.69. The molecular formula is C15H26O11. The molecule has 0 bridgehead atoms. The van der Waals surface area contributed by atoms with Crippen LogP contribution in [0.3, 0.4) is 0 Å². The Morgan fingerprint density at radius 1 is 0.808 bits per heavy atom. The van der Waals surface area contributed by atoms with Crippen molar-refractivity contribution < 1.29 is 54.3 Å². The first-order valence-corrected chi connectivity index (χ1v) is 8.44. The fourth-order valence-electron chi connectivity index (χ4n) is 3.50. The van der Waals surface area contributed by atoms with E-state index in [0.717, 1.165) is 0 Å². The molecule has 152 valence electrons. The van der Waals surface area contributed by atoms with Crippen LogP contribution in [0.25, 0.3) is 0 Å². The molecule has 10 unspecified atom stereocenters. The van der Waals surface area contributed by atoms with Crippen molar-refractivity contribution >= 4 is 0 Å². The van der Waals surface area contributed by atoms with E-state index < -0.39 is 80.4 Å². The van der Waals surface area contributed by atoms with Crippen LogP contribution in [-0.4, -0.2) is 111 Å². The Balaban J connectivity index is 1.76. The molecule has 0 aromatic carbocycles. The van der Waals surface area contributed by atoms with E-state index in [2.05, 4.69) is 0 Å². The lowest BCUT2D eigenvalue weighted by Crippen LogP contribution is -2.64. The van der Waals surface area contributed by atoms with Crippen molar-refractivity contribution in [1.29, 1.82) is 0 Å². The van der Waals surface area contributed by atoms with Crippen LogP contribution < -0.4 is 0 Å². The summed E-state index contributed by atoms with van der Waals surface area (Å²) in [6.45, 7) is 2.26. The van der Waals surface area contributed by atoms with Gasteiger partial charge in [0.2, 0.25) is 0 Å². The summed E-state index contributed by atoms with van der Waals surface area (Å²) in [7, 11) is 0. The van der Waals surface area contributed by atoms with Crippen LogP contribution in [0.15, 0.2) is 0 Å². The van der Waals surface area contributed by atoms with Gasteiger partial charge < -0.3 is 54.3 Å². The summed E-state index contributed by atoms with van der Waals surface area (Å²) < 4.78 is 27.4. The molecule has 26 heavy (non-hydrogen) atoms. The molecule has 3 aliphatic rings. The van der Waals surface area contributed by atoms with E-state index >= 15 is 0 Å². The number of aliphatic hydroxyl groups is 6. The van der Waals surface area contributed by atoms with Gasteiger partial charge >= 0.3 is 0 Å². The van der Waals surface area contributed by atoms with Crippen molar-refractivity contribution in [2.45, 2.75) is 81.0 Å². The maximum Gasteiger partial charge on any atom is 0.187 e. The smallest absolute Gasteiger partial charge is 0.187 e. The molecule has 3 saturated heterocycles. The highest BCUT2D eigenvalue weighted by Crippen LogP contribution is 2.38. The van der Waals surface area contributed by atoms with Gasteiger partial charge in [-0.15, -0.1) is 0 Å². The van der Waals surface area contributed by atoms with Gasteiger partial charge in [-0.2, -0.15) is 0 Å². The predicted molar refractivity (Wildman–Crippen MR) is 80.4 cm³/mol. The molecule has 0 aliphatic carbocycles. The van der Waals surface area contributed by atoms with Gasteiger partial charge in [0, 0.05) is 0 Å². The van der Waals surface area contributed by atoms with E-state index in [1.165, 1.54) is 0 Å². The Labute approximate surface area is 149 Å². The Hall–Kier alpha value is -0.440. The van der Waals surface area contributed by atoms with Gasteiger partial charge in [-0.1, -0.05) is 0 Å². The molecule has 11 nitrogen and oxygen atoms in total. The first kappa shape index (κ1) is 20.3. The standard InChI is InChI=1S/C15H26O11/c1-15(2)25-11-6(4-17)23-14(9(20)12(11)26-15)24-10-5(3-16)22-13(21)8(19)7(10)18/h5-14,16-21H,3-4H2,1-2H3. The van der Waals surface area contributed by atoms with Gasteiger partial charge in [0.25, 0.3) is 0 Å². The molecule has 0 aromatic rings. The Kier molecular flexibility index (Phi) is 5.88. The van der Waals surface area contributed by atoms with Crippen LogP contribution in [0.1, 0.15) is 13.8 Å². The Morgan fingerprint density at radius 2 is 1.42 bits per heavy atom. The number of hydrogen-bond donors (Lipinski definition) is 6. The monoisotopic (exact) mass is 382 g/mol. The van der Waals surface area contributed by atoms with Crippen LogP contribution in [0.2, 0.25) is 0 Å². The van der Waals surface area contributed by atoms with E-state index in [4.69, 9.17) is 23.7 Å². The third-order valence-corrected chi connectivity index (χ3v) is 4.76. The van der Waals surface area contributed by atoms with E-state index in [1.54, 1.807) is 13.8 Å². The van der Waals surface area contributed by atoms with Crippen molar-refractivity contribution in [2.24, 2.45) is 0 Å². The fraction of sp³-hybridized carbons (Fsp3) is 1.00. The predicted octanol–water partition coefficient (Wildman–Crippen LogP) is -3.60. The zero-order chi connectivity index (χ0) is 19.2. The molecule has 0 amide bonds. The third-order valence-electron chi connectivity index (χ3n) is 4.76. The zero-order valence-corrected chi connectivity index (χ0v) is 14.4. The molecule has 0 aromatic heterocycles. The van der Waals surface area contributed by atoms with Gasteiger partial charge in [0.15, 0.2) is 18.4 Å². The fourth-order valence-corrected chi connectivity index (χ4v) is 3.50. The van der Waals surface area contributed by atoms with Crippen molar-refractivity contribution in [1.82, 2.24) is 0 Å². The summed E-state index contributed by atoms with van der Waals surface area (Å²) in [6, 6.07) is 0. The van der Waals surface area contributed by atoms with Gasteiger partial charge in [0.1, 0.15) is 48.8 Å². The number of ether oxygens (including phenoxy) is 5. The van der Waals surface area contributed by atoms with Crippen LogP contribution in [0.4, 0.5) is 0 Å². The highest BCUT2D eigenvalue weighted by Gasteiger charge is 2.56. The highest BCUT2D eigenvalue weighted by molar-refractivity contribution is 4.98. The maximum atomic E-state index is 10.5. The van der Waals surface area contributed by atoms with E-state index in [9.17, 15) is 30.6 Å². The van der Waals surface area contributed by atoms with Gasteiger partial charge in [-0.25, -0.2) is 0 Å². The second kappa shape index (κ2) is 7.53. The minimum Gasteiger partial charge on any atom is -0.394 e. The van der Waals surface area contributed by atoms with Crippen LogP contribution in [0.5, 0.6) is 0 Å². The Morgan fingerprint density at radius 3 is 2.04 bits per heavy atom. The molecule has 3 aliphatic heterocycles. The maximum absolute atomic E-state index is 10.5. The summed E-state index contributed by atoms with van der Waals surface area (Å²) in [6.07, 6.45) is -12.6. The number of rotatable bonds is 4. The van der Waals surface area contributed by atoms with Crippen molar-refractivity contribution in [3.63, 3.8) is 0 Å². The molecule has 0 saturated carbocycles. The largest absolute Gasteiger partial charge is 0.394 e. The molecular weight excluding hydrogens is 356 g/mol. The average molecular weight is 382 g/mol. The first-order valence-electron chi connectivity index (χ1n) is 8.44. The minimum absolute atomic E-state index is 0.429. The quantitative estimate of drug-likeness (QED) is 0.284. The molecule has 3 heterocycles. The van der Waals surface area contributed by atoms with Crippen LogP contribution in [-0.2, 0) is 23.7 Å². The lowest BCUT2D eigenvalue weighted by atomic mass is 9.97. The molecule has 0 radical (unpaired) electrons. The van der Waals surface area contributed by atoms with Crippen molar-refractivity contribution in [3.8, 4) is 0 Å². The summed E-state index contributed by atoms with van der Waals surface area (Å²) >= 11 is 0. The SMILES string of the molecule is CC1(C)OC2C(CO)OC(OC3C(CO)OC(O)C(O)C3O)C(O)C2O1. The van der Waals surface area contributed by atoms with Crippen molar-refractivity contribution in [3.05, 3.63) is 0 Å². The molecule has 10 atom stereocenters. The third kappa shape index (κ3) is 3.62. The van der Waals surface area contributed by atoms with Gasteiger partial charge in [-0.05, 0) is 13.8 Å². The number of hydrogen-bond acceptors (Lipinski definition) is 11. The van der Waals surface area contributed by atoms with Gasteiger partial charge in [0.05, 0.1) is 13.2 Å². The van der Waals surface area contributed by atoms with Crippen LogP contribution in [0, 0.1) is 0 Å². The second-order valence-electron chi connectivity index (χ2n) is 7.11. The topological polar surface area (TPSA) is 168 Å². The first-order chi connectivity index (χ1) is 12.2. The van der Waals surface area contributed by atoms with Gasteiger partial charge in [-0.3, -0.25) is 0 Å². The van der Waals surface area contributed by atoms with E-state index in [0.29, 0.717) is 0 Å². The number of fused-ring (bicyclic) bond motifs is 1. The molecule has 3 rings (SSSR count). The molecule has 6 N–H and O–H groups in total. The number of aliphatic hydroxyl groups excluding tert-OH is 6. The molecule has 3 fully saturated rings. The summed E-state index contributed by atoms with van der Waals surface area (Å²) in [5, 5.41) is 59.0. The second-order valence-corrected chi connectivity index (χ2v) is 7.11. The lowest BCUT2D eigenvalue weighted by Gasteiger charge is -2.45. The highest BCUT2D eigenvalue weighted by atomic mass is 16.8. The zero-order valence-electron chi connectivity index (χ0n) is 14.4. The van der Waals surface area contributed by atoms with E-state index in [1.807, 2.05) is 0 Å². The van der Waals surface area contributed by atoms with Crippen LogP contribution >= 0.6 is 0 Å². The van der Waals surface area contributed by atoms with E-state index in [-0.39, 0.29) is 0 Å². The normalized spacial score (nSPS) is 51.2. The summed E-state index contributed by atoms with van der Waals surface area (Å²) in [4.78, 5) is 0. The van der Waals surface area contributed by atoms with Crippen molar-refractivity contribution in [2.75, 3.05) is 13.2 Å². The Bertz CT molecular complexity index is 486. The molecule has 11 heteroatoms.